The molecule has 2 heterocycles. The molecule has 2 fully saturated rings. The molecule has 0 aliphatic carbocycles. The van der Waals surface area contributed by atoms with Crippen molar-refractivity contribution in [2.75, 3.05) is 39.5 Å². The average Bonchev–Trinajstić information content (AvgIpc) is 2.75. The van der Waals surface area contributed by atoms with Gasteiger partial charge in [-0.2, -0.15) is 0 Å². The van der Waals surface area contributed by atoms with Crippen molar-refractivity contribution in [1.82, 2.24) is 14.5 Å². The maximum absolute atomic E-state index is 12.4. The Morgan fingerprint density at radius 1 is 1.38 bits per heavy atom. The minimum Gasteiger partial charge on any atom is -0.345 e. The van der Waals surface area contributed by atoms with Crippen molar-refractivity contribution in [2.45, 2.75) is 19.3 Å². The summed E-state index contributed by atoms with van der Waals surface area (Å²) >= 11 is 0. The summed E-state index contributed by atoms with van der Waals surface area (Å²) in [5.74, 6) is -0.0613. The van der Waals surface area contributed by atoms with Gasteiger partial charge in [-0.25, -0.2) is 13.1 Å². The van der Waals surface area contributed by atoms with Crippen LogP contribution in [0.15, 0.2) is 0 Å². The van der Waals surface area contributed by atoms with Crippen LogP contribution in [0.2, 0.25) is 0 Å². The maximum Gasteiger partial charge on any atom is 0.228 e. The van der Waals surface area contributed by atoms with E-state index >= 15 is 0 Å². The molecule has 0 bridgehead atoms. The number of nitrogens with one attached hydrogen (secondary N) is 1. The molecule has 21 heavy (non-hydrogen) atoms. The SMILES string of the molecule is CN1C[C@@H](C(=O)N2CCC[C@@H](CNS(C)(=O)=O)C2)CC1=O. The quantitative estimate of drug-likeness (QED) is 0.739. The van der Waals surface area contributed by atoms with E-state index in [-0.39, 0.29) is 30.1 Å². The Hall–Kier alpha value is -1.15. The number of rotatable bonds is 4. The molecule has 2 aliphatic heterocycles. The summed E-state index contributed by atoms with van der Waals surface area (Å²) < 4.78 is 24.8. The first kappa shape index (κ1) is 16.2. The highest BCUT2D eigenvalue weighted by molar-refractivity contribution is 7.88. The summed E-state index contributed by atoms with van der Waals surface area (Å²) in [5, 5.41) is 0. The molecular formula is C13H23N3O4S. The van der Waals surface area contributed by atoms with Gasteiger partial charge in [0.2, 0.25) is 21.8 Å². The van der Waals surface area contributed by atoms with Crippen molar-refractivity contribution in [3.05, 3.63) is 0 Å². The molecule has 2 rings (SSSR count). The zero-order valence-electron chi connectivity index (χ0n) is 12.5. The van der Waals surface area contributed by atoms with Gasteiger partial charge in [-0.05, 0) is 18.8 Å². The van der Waals surface area contributed by atoms with E-state index in [4.69, 9.17) is 0 Å². The molecule has 0 saturated carbocycles. The number of hydrogen-bond acceptors (Lipinski definition) is 4. The second-order valence-electron chi connectivity index (χ2n) is 6.09. The number of likely N-dealkylation sites (tertiary alicyclic amines) is 2. The van der Waals surface area contributed by atoms with Crippen LogP contribution in [0.1, 0.15) is 19.3 Å². The Bertz CT molecular complexity index is 520. The summed E-state index contributed by atoms with van der Waals surface area (Å²) in [6.07, 6.45) is 3.21. The molecule has 1 N–H and O–H groups in total. The van der Waals surface area contributed by atoms with E-state index in [9.17, 15) is 18.0 Å². The van der Waals surface area contributed by atoms with Crippen LogP contribution in [-0.2, 0) is 19.6 Å². The summed E-state index contributed by atoms with van der Waals surface area (Å²) in [7, 11) is -1.48. The second-order valence-corrected chi connectivity index (χ2v) is 7.92. The van der Waals surface area contributed by atoms with Gasteiger partial charge in [0.05, 0.1) is 12.2 Å². The standard InChI is InChI=1S/C13H23N3O4S/c1-15-9-11(6-12(15)17)13(18)16-5-3-4-10(8-16)7-14-21(2,19)20/h10-11,14H,3-9H2,1-2H3/t10-,11-/m0/s1. The van der Waals surface area contributed by atoms with Crippen LogP contribution in [0.25, 0.3) is 0 Å². The first-order chi connectivity index (χ1) is 9.76. The molecule has 2 aliphatic rings. The normalized spacial score (nSPS) is 27.2. The second kappa shape index (κ2) is 6.31. The molecule has 0 spiro atoms. The predicted octanol–water partition coefficient (Wildman–Crippen LogP) is -0.747. The van der Waals surface area contributed by atoms with Crippen molar-refractivity contribution >= 4 is 21.8 Å². The Labute approximate surface area is 125 Å². The zero-order valence-corrected chi connectivity index (χ0v) is 13.4. The van der Waals surface area contributed by atoms with Crippen molar-refractivity contribution in [2.24, 2.45) is 11.8 Å². The van der Waals surface area contributed by atoms with Gasteiger partial charge in [0.15, 0.2) is 0 Å². The van der Waals surface area contributed by atoms with Gasteiger partial charge in [0.25, 0.3) is 0 Å². The first-order valence-corrected chi connectivity index (χ1v) is 9.13. The maximum atomic E-state index is 12.4. The van der Waals surface area contributed by atoms with Gasteiger partial charge in [-0.3, -0.25) is 9.59 Å². The molecule has 0 aromatic rings. The summed E-state index contributed by atoms with van der Waals surface area (Å²) in [4.78, 5) is 27.4. The topological polar surface area (TPSA) is 86.8 Å². The summed E-state index contributed by atoms with van der Waals surface area (Å²) in [5.41, 5.74) is 0. The Balaban J connectivity index is 1.89. The molecule has 0 radical (unpaired) electrons. The van der Waals surface area contributed by atoms with Gasteiger partial charge in [-0.1, -0.05) is 0 Å². The Morgan fingerprint density at radius 3 is 2.67 bits per heavy atom. The van der Waals surface area contributed by atoms with Crippen LogP contribution in [0, 0.1) is 11.8 Å². The summed E-state index contributed by atoms with van der Waals surface area (Å²) in [6.45, 7) is 2.12. The third-order valence-electron chi connectivity index (χ3n) is 4.16. The lowest BCUT2D eigenvalue weighted by Crippen LogP contribution is -2.46. The molecule has 2 atom stereocenters. The van der Waals surface area contributed by atoms with Gasteiger partial charge in [-0.15, -0.1) is 0 Å². The van der Waals surface area contributed by atoms with Crippen molar-refractivity contribution < 1.29 is 18.0 Å². The first-order valence-electron chi connectivity index (χ1n) is 7.23. The largest absolute Gasteiger partial charge is 0.345 e. The number of piperidine rings is 1. The Kier molecular flexibility index (Phi) is 4.88. The monoisotopic (exact) mass is 317 g/mol. The van der Waals surface area contributed by atoms with Gasteiger partial charge in [0.1, 0.15) is 0 Å². The van der Waals surface area contributed by atoms with E-state index in [2.05, 4.69) is 4.72 Å². The molecular weight excluding hydrogens is 294 g/mol. The van der Waals surface area contributed by atoms with Crippen LogP contribution in [0.3, 0.4) is 0 Å². The molecule has 120 valence electrons. The lowest BCUT2D eigenvalue weighted by molar-refractivity contribution is -0.137. The highest BCUT2D eigenvalue weighted by Crippen LogP contribution is 2.23. The minimum absolute atomic E-state index is 0.0145. The number of carbonyl (C=O) groups is 2. The van der Waals surface area contributed by atoms with E-state index in [1.165, 1.54) is 0 Å². The van der Waals surface area contributed by atoms with E-state index in [0.29, 0.717) is 26.2 Å². The fourth-order valence-electron chi connectivity index (χ4n) is 2.99. The fourth-order valence-corrected chi connectivity index (χ4v) is 3.53. The van der Waals surface area contributed by atoms with Crippen molar-refractivity contribution in [3.8, 4) is 0 Å². The minimum atomic E-state index is -3.20. The van der Waals surface area contributed by atoms with E-state index in [0.717, 1.165) is 19.1 Å². The van der Waals surface area contributed by atoms with Crippen molar-refractivity contribution in [1.29, 1.82) is 0 Å². The van der Waals surface area contributed by atoms with Crippen LogP contribution >= 0.6 is 0 Å². The third-order valence-corrected chi connectivity index (χ3v) is 4.85. The summed E-state index contributed by atoms with van der Waals surface area (Å²) in [6, 6.07) is 0. The molecule has 8 heteroatoms. The smallest absolute Gasteiger partial charge is 0.228 e. The van der Waals surface area contributed by atoms with E-state index in [1.807, 2.05) is 0 Å². The molecule has 7 nitrogen and oxygen atoms in total. The molecule has 2 saturated heterocycles. The fraction of sp³-hybridized carbons (Fsp3) is 0.846. The number of amides is 2. The van der Waals surface area contributed by atoms with Gasteiger partial charge < -0.3 is 9.80 Å². The van der Waals surface area contributed by atoms with Crippen LogP contribution < -0.4 is 4.72 Å². The van der Waals surface area contributed by atoms with Crippen molar-refractivity contribution in [3.63, 3.8) is 0 Å². The number of nitrogens with zero attached hydrogens (tertiary/aromatic N) is 2. The van der Waals surface area contributed by atoms with E-state index < -0.39 is 10.0 Å². The van der Waals surface area contributed by atoms with Crippen LogP contribution in [-0.4, -0.2) is 69.5 Å². The number of carbonyl (C=O) groups excluding carboxylic acids is 2. The number of sulfonamides is 1. The average molecular weight is 317 g/mol. The molecule has 0 unspecified atom stereocenters. The predicted molar refractivity (Wildman–Crippen MR) is 77.9 cm³/mol. The van der Waals surface area contributed by atoms with E-state index in [1.54, 1.807) is 16.8 Å². The Morgan fingerprint density at radius 2 is 2.10 bits per heavy atom. The molecule has 2 amide bonds. The van der Waals surface area contributed by atoms with Crippen LogP contribution in [0.4, 0.5) is 0 Å². The highest BCUT2D eigenvalue weighted by atomic mass is 32.2. The van der Waals surface area contributed by atoms with Gasteiger partial charge >= 0.3 is 0 Å². The third kappa shape index (κ3) is 4.41. The molecule has 0 aromatic heterocycles. The van der Waals surface area contributed by atoms with Crippen LogP contribution in [0.5, 0.6) is 0 Å². The zero-order chi connectivity index (χ0) is 15.6. The number of hydrogen-bond donors (Lipinski definition) is 1. The highest BCUT2D eigenvalue weighted by Gasteiger charge is 2.36. The van der Waals surface area contributed by atoms with Gasteiger partial charge in [0, 0.05) is 39.6 Å². The lowest BCUT2D eigenvalue weighted by atomic mass is 9.96. The molecule has 0 aromatic carbocycles. The lowest BCUT2D eigenvalue weighted by Gasteiger charge is -2.34.